The van der Waals surface area contributed by atoms with Gasteiger partial charge in [0.2, 0.25) is 0 Å². The van der Waals surface area contributed by atoms with Crippen molar-refractivity contribution in [1.29, 1.82) is 0 Å². The van der Waals surface area contributed by atoms with Crippen molar-refractivity contribution in [2.75, 3.05) is 0 Å². The number of aryl methyl sites for hydroxylation is 2. The van der Waals surface area contributed by atoms with Crippen LogP contribution in [0.25, 0.3) is 0 Å². The molecule has 0 spiro atoms. The second kappa shape index (κ2) is 7.11. The number of rotatable bonds is 1. The zero-order chi connectivity index (χ0) is 17.3. The van der Waals surface area contributed by atoms with E-state index < -0.39 is 5.60 Å². The van der Waals surface area contributed by atoms with Gasteiger partial charge in [0.25, 0.3) is 0 Å². The van der Waals surface area contributed by atoms with Gasteiger partial charge in [-0.15, -0.1) is 0 Å². The van der Waals surface area contributed by atoms with Gasteiger partial charge in [0.1, 0.15) is 0 Å². The smallest absolute Gasteiger partial charge is 0.163 e. The minimum Gasteiger partial charge on any atom is -0.385 e. The fourth-order valence-electron chi connectivity index (χ4n) is 3.45. The normalized spacial score (nSPS) is 21.1. The lowest BCUT2D eigenvalue weighted by Crippen LogP contribution is -2.20. The van der Waals surface area contributed by atoms with E-state index in [1.165, 1.54) is 11.1 Å². The monoisotopic (exact) mass is 450 g/mol. The summed E-state index contributed by atoms with van der Waals surface area (Å²) in [5.41, 5.74) is 3.94. The first kappa shape index (κ1) is 17.8. The minimum atomic E-state index is -0.570. The summed E-state index contributed by atoms with van der Waals surface area (Å²) in [4.78, 5) is 11.2. The quantitative estimate of drug-likeness (QED) is 0.615. The van der Waals surface area contributed by atoms with Crippen LogP contribution in [0.2, 0.25) is 0 Å². The first-order chi connectivity index (χ1) is 11.4. The first-order valence-corrected chi connectivity index (χ1v) is 9.84. The molecule has 2 aromatic carbocycles. The molecule has 2 nitrogen and oxygen atoms in total. The van der Waals surface area contributed by atoms with Crippen molar-refractivity contribution < 1.29 is 9.90 Å². The minimum absolute atomic E-state index is 0.279. The molecule has 1 N–H and O–H groups in total. The average Bonchev–Trinajstić information content (AvgIpc) is 3.10. The van der Waals surface area contributed by atoms with Crippen LogP contribution >= 0.6 is 31.9 Å². The van der Waals surface area contributed by atoms with Crippen molar-refractivity contribution in [3.8, 4) is 0 Å². The molecule has 0 saturated heterocycles. The lowest BCUT2D eigenvalue weighted by Gasteiger charge is -2.21. The zero-order valence-corrected chi connectivity index (χ0v) is 16.8. The highest BCUT2D eigenvalue weighted by Crippen LogP contribution is 2.40. The molecule has 2 aliphatic rings. The Balaban J connectivity index is 0.000000143. The topological polar surface area (TPSA) is 37.3 Å². The number of hydrogen-bond acceptors (Lipinski definition) is 2. The third-order valence-corrected chi connectivity index (χ3v) is 5.95. The Morgan fingerprint density at radius 2 is 1.67 bits per heavy atom. The second-order valence-corrected chi connectivity index (χ2v) is 8.24. The molecule has 4 heteroatoms. The van der Waals surface area contributed by atoms with E-state index in [0.29, 0.717) is 6.42 Å². The molecule has 0 amide bonds. The van der Waals surface area contributed by atoms with E-state index in [4.69, 9.17) is 0 Å². The van der Waals surface area contributed by atoms with Crippen LogP contribution in [-0.2, 0) is 18.4 Å². The van der Waals surface area contributed by atoms with Crippen LogP contribution in [0, 0.1) is 0 Å². The molecule has 0 aromatic heterocycles. The molecule has 0 fully saturated rings. The van der Waals surface area contributed by atoms with E-state index in [0.717, 1.165) is 45.8 Å². The maximum absolute atomic E-state index is 11.2. The maximum Gasteiger partial charge on any atom is 0.163 e. The molecule has 1 atom stereocenters. The fraction of sp³-hybridized carbons (Fsp3) is 0.350. The largest absolute Gasteiger partial charge is 0.385 e. The lowest BCUT2D eigenvalue weighted by molar-refractivity contribution is 0.0345. The number of aliphatic hydroxyl groups is 1. The molecule has 0 aliphatic heterocycles. The number of benzene rings is 2. The Morgan fingerprint density at radius 3 is 2.38 bits per heavy atom. The summed E-state index contributed by atoms with van der Waals surface area (Å²) in [6, 6.07) is 12.1. The van der Waals surface area contributed by atoms with Crippen LogP contribution in [-0.4, -0.2) is 10.9 Å². The van der Waals surface area contributed by atoms with Crippen LogP contribution in [0.3, 0.4) is 0 Å². The number of hydrogen-bond donors (Lipinski definition) is 1. The molecular formula is C20H20Br2O2. The van der Waals surface area contributed by atoms with Crippen LogP contribution in [0.4, 0.5) is 0 Å². The van der Waals surface area contributed by atoms with Crippen molar-refractivity contribution in [2.24, 2.45) is 0 Å². The summed E-state index contributed by atoms with van der Waals surface area (Å²) in [6.07, 6.45) is 4.28. The summed E-state index contributed by atoms with van der Waals surface area (Å²) >= 11 is 6.77. The molecule has 0 saturated carbocycles. The number of carbonyl (C=O) groups excluding carboxylic acids is 1. The van der Waals surface area contributed by atoms with E-state index in [-0.39, 0.29) is 5.78 Å². The number of fused-ring (bicyclic) bond motifs is 2. The van der Waals surface area contributed by atoms with Crippen molar-refractivity contribution >= 4 is 37.6 Å². The molecule has 4 rings (SSSR count). The van der Waals surface area contributed by atoms with Gasteiger partial charge in [-0.1, -0.05) is 50.9 Å². The Hall–Kier alpha value is -0.970. The first-order valence-electron chi connectivity index (χ1n) is 8.26. The molecule has 0 radical (unpaired) electrons. The van der Waals surface area contributed by atoms with Crippen molar-refractivity contribution in [1.82, 2.24) is 0 Å². The van der Waals surface area contributed by atoms with Gasteiger partial charge in [-0.25, -0.2) is 0 Å². The van der Waals surface area contributed by atoms with Crippen LogP contribution < -0.4 is 0 Å². The standard InChI is InChI=1S/C11H13BrO.C9H7BrO/c1-2-11(13)6-5-8-3-4-9(12)7-10(8)11;10-7-3-1-6-2-4-9(11)8(6)5-7/h3-4,7,13H,2,5-6H2,1H3;1,3,5H,2,4H2. The van der Waals surface area contributed by atoms with Gasteiger partial charge in [0.05, 0.1) is 5.60 Å². The van der Waals surface area contributed by atoms with Crippen LogP contribution in [0.5, 0.6) is 0 Å². The number of ketones is 1. The molecule has 2 aliphatic carbocycles. The molecule has 24 heavy (non-hydrogen) atoms. The second-order valence-electron chi connectivity index (χ2n) is 6.41. The fourth-order valence-corrected chi connectivity index (χ4v) is 4.17. The van der Waals surface area contributed by atoms with Crippen molar-refractivity contribution in [2.45, 2.75) is 44.6 Å². The SMILES string of the molecule is CCC1(O)CCc2ccc(Br)cc21.O=C1CCc2ccc(Br)cc21. The highest BCUT2D eigenvalue weighted by Gasteiger charge is 2.34. The van der Waals surface area contributed by atoms with Crippen molar-refractivity contribution in [3.05, 3.63) is 67.6 Å². The van der Waals surface area contributed by atoms with Gasteiger partial charge in [0.15, 0.2) is 5.78 Å². The summed E-state index contributed by atoms with van der Waals surface area (Å²) < 4.78 is 2.05. The van der Waals surface area contributed by atoms with E-state index in [1.54, 1.807) is 0 Å². The van der Waals surface area contributed by atoms with Crippen LogP contribution in [0.1, 0.15) is 53.2 Å². The predicted molar refractivity (Wildman–Crippen MR) is 103 cm³/mol. The highest BCUT2D eigenvalue weighted by molar-refractivity contribution is 9.10. The third kappa shape index (κ3) is 3.51. The molecule has 1 unspecified atom stereocenters. The van der Waals surface area contributed by atoms with Gasteiger partial charge < -0.3 is 5.11 Å². The molecule has 0 heterocycles. The number of carbonyl (C=O) groups is 1. The average molecular weight is 452 g/mol. The molecular weight excluding hydrogens is 432 g/mol. The Morgan fingerprint density at radius 1 is 1.00 bits per heavy atom. The number of Topliss-reactive ketones (excluding diaryl/α,β-unsaturated/α-hetero) is 1. The van der Waals surface area contributed by atoms with Gasteiger partial charge in [-0.2, -0.15) is 0 Å². The van der Waals surface area contributed by atoms with Gasteiger partial charge in [0, 0.05) is 20.9 Å². The summed E-state index contributed by atoms with van der Waals surface area (Å²) in [7, 11) is 0. The molecule has 2 aromatic rings. The van der Waals surface area contributed by atoms with E-state index in [9.17, 15) is 9.90 Å². The highest BCUT2D eigenvalue weighted by atomic mass is 79.9. The third-order valence-electron chi connectivity index (χ3n) is 4.96. The molecule has 126 valence electrons. The van der Waals surface area contributed by atoms with E-state index in [2.05, 4.69) is 37.9 Å². The van der Waals surface area contributed by atoms with Crippen molar-refractivity contribution in [3.63, 3.8) is 0 Å². The van der Waals surface area contributed by atoms with Crippen LogP contribution in [0.15, 0.2) is 45.3 Å². The number of halogens is 2. The summed E-state index contributed by atoms with van der Waals surface area (Å²) in [5, 5.41) is 10.3. The van der Waals surface area contributed by atoms with Gasteiger partial charge in [-0.05, 0) is 66.6 Å². The summed E-state index contributed by atoms with van der Waals surface area (Å²) in [5.74, 6) is 0.279. The lowest BCUT2D eigenvalue weighted by atomic mass is 9.93. The maximum atomic E-state index is 11.2. The Kier molecular flexibility index (Phi) is 5.28. The van der Waals surface area contributed by atoms with Gasteiger partial charge >= 0.3 is 0 Å². The predicted octanol–water partition coefficient (Wildman–Crippen LogP) is 5.57. The summed E-state index contributed by atoms with van der Waals surface area (Å²) in [6.45, 7) is 2.04. The van der Waals surface area contributed by atoms with E-state index in [1.807, 2.05) is 37.3 Å². The Labute approximate surface area is 159 Å². The zero-order valence-electron chi connectivity index (χ0n) is 13.6. The molecule has 0 bridgehead atoms. The van der Waals surface area contributed by atoms with E-state index >= 15 is 0 Å². The van der Waals surface area contributed by atoms with Gasteiger partial charge in [-0.3, -0.25) is 4.79 Å². The Bertz CT molecular complexity index is 785.